The number of benzene rings is 1. The summed E-state index contributed by atoms with van der Waals surface area (Å²) in [4.78, 5) is 27.6. The highest BCUT2D eigenvalue weighted by atomic mass is 16.1. The lowest BCUT2D eigenvalue weighted by molar-refractivity contribution is 0.0910. The Morgan fingerprint density at radius 2 is 1.86 bits per heavy atom. The number of Topliss-reactive ketones (excluding diaryl/α,β-unsaturated/α-hetero) is 1. The lowest BCUT2D eigenvalue weighted by Gasteiger charge is -2.33. The van der Waals surface area contributed by atoms with Crippen LogP contribution in [0.3, 0.4) is 0 Å². The van der Waals surface area contributed by atoms with Crippen molar-refractivity contribution in [2.75, 3.05) is 23.3 Å². The van der Waals surface area contributed by atoms with Crippen molar-refractivity contribution in [1.29, 1.82) is 0 Å². The molecule has 5 rings (SSSR count). The van der Waals surface area contributed by atoms with Crippen molar-refractivity contribution in [3.63, 3.8) is 0 Å². The number of carbonyl (C=O) groups is 1. The third kappa shape index (κ3) is 3.59. The summed E-state index contributed by atoms with van der Waals surface area (Å²) in [6.07, 6.45) is 3.52. The van der Waals surface area contributed by atoms with Crippen LogP contribution in [0.15, 0.2) is 36.4 Å². The van der Waals surface area contributed by atoms with Gasteiger partial charge in [-0.15, -0.1) is 0 Å². The first-order valence-corrected chi connectivity index (χ1v) is 10.5. The Labute approximate surface area is 170 Å². The summed E-state index contributed by atoms with van der Waals surface area (Å²) in [7, 11) is 0. The molecular weight excluding hydrogens is 362 g/mol. The maximum atomic E-state index is 12.4. The lowest BCUT2D eigenvalue weighted by atomic mass is 9.76. The molecule has 0 spiro atoms. The smallest absolute Gasteiger partial charge is 0.203 e. The molecule has 6 heteroatoms. The number of hydrogen-bond donors (Lipinski definition) is 2. The minimum atomic E-state index is -0.00632. The van der Waals surface area contributed by atoms with Gasteiger partial charge in [-0.2, -0.15) is 0 Å². The number of fused-ring (bicyclic) bond motifs is 2. The van der Waals surface area contributed by atoms with E-state index in [2.05, 4.69) is 35.1 Å². The van der Waals surface area contributed by atoms with E-state index in [4.69, 9.17) is 9.97 Å². The highest BCUT2D eigenvalue weighted by molar-refractivity contribution is 5.98. The second kappa shape index (κ2) is 6.87. The molecule has 0 radical (unpaired) electrons. The van der Waals surface area contributed by atoms with Crippen molar-refractivity contribution >= 4 is 28.6 Å². The molecule has 0 bridgehead atoms. The van der Waals surface area contributed by atoms with Crippen LogP contribution in [0.25, 0.3) is 11.0 Å². The minimum absolute atomic E-state index is 0.00632. The van der Waals surface area contributed by atoms with Crippen LogP contribution in [0.2, 0.25) is 0 Å². The first-order valence-electron chi connectivity index (χ1n) is 10.5. The average Bonchev–Trinajstić information content (AvgIpc) is 3.11. The molecule has 29 heavy (non-hydrogen) atoms. The molecule has 1 aliphatic heterocycles. The normalized spacial score (nSPS) is 19.4. The number of nitrogens with zero attached hydrogens (tertiary/aromatic N) is 3. The SMILES string of the molecule is CC1(C)CC(=O)c2ccc(NC3CCN(c4nc5ccccc5[nH]4)CC3)nc2C1. The van der Waals surface area contributed by atoms with Crippen LogP contribution in [-0.4, -0.2) is 39.9 Å². The molecule has 3 heterocycles. The molecule has 2 N–H and O–H groups in total. The van der Waals surface area contributed by atoms with Crippen molar-refractivity contribution in [2.24, 2.45) is 5.41 Å². The standard InChI is InChI=1S/C23H27N5O/c1-23(2)13-19-16(20(29)14-23)7-8-21(25-19)24-15-9-11-28(12-10-15)22-26-17-5-3-4-6-18(17)27-22/h3-8,15H,9-14H2,1-2H3,(H,24,25)(H,26,27). The molecular formula is C23H27N5O. The Bertz CT molecular complexity index is 1030. The van der Waals surface area contributed by atoms with Gasteiger partial charge in [-0.3, -0.25) is 4.79 Å². The largest absolute Gasteiger partial charge is 0.367 e. The van der Waals surface area contributed by atoms with Crippen LogP contribution in [0.1, 0.15) is 49.2 Å². The van der Waals surface area contributed by atoms with Gasteiger partial charge in [0.2, 0.25) is 5.95 Å². The number of H-pyrrole nitrogens is 1. The van der Waals surface area contributed by atoms with Gasteiger partial charge < -0.3 is 15.2 Å². The number of nitrogens with one attached hydrogen (secondary N) is 2. The number of para-hydroxylation sites is 2. The lowest BCUT2D eigenvalue weighted by Crippen LogP contribution is -2.39. The third-order valence-electron chi connectivity index (χ3n) is 6.08. The fourth-order valence-electron chi connectivity index (χ4n) is 4.55. The molecule has 0 unspecified atom stereocenters. The fraction of sp³-hybridized carbons (Fsp3) is 0.435. The van der Waals surface area contributed by atoms with Crippen LogP contribution in [-0.2, 0) is 6.42 Å². The summed E-state index contributed by atoms with van der Waals surface area (Å²) in [5, 5.41) is 3.59. The van der Waals surface area contributed by atoms with Gasteiger partial charge in [0.15, 0.2) is 5.78 Å². The van der Waals surface area contributed by atoms with Crippen molar-refractivity contribution < 1.29 is 4.79 Å². The van der Waals surface area contributed by atoms with Gasteiger partial charge in [0.05, 0.1) is 16.7 Å². The Morgan fingerprint density at radius 3 is 2.66 bits per heavy atom. The maximum absolute atomic E-state index is 12.4. The van der Waals surface area contributed by atoms with E-state index in [1.807, 2.05) is 30.3 Å². The number of ketones is 1. The zero-order valence-electron chi connectivity index (χ0n) is 17.0. The number of pyridine rings is 1. The van der Waals surface area contributed by atoms with Crippen molar-refractivity contribution in [3.05, 3.63) is 47.7 Å². The predicted octanol–water partition coefficient (Wildman–Crippen LogP) is 4.19. The van der Waals surface area contributed by atoms with E-state index in [1.165, 1.54) is 0 Å². The van der Waals surface area contributed by atoms with E-state index in [0.717, 1.165) is 66.4 Å². The van der Waals surface area contributed by atoms with E-state index < -0.39 is 0 Å². The number of carbonyl (C=O) groups excluding carboxylic acids is 1. The molecule has 150 valence electrons. The number of aromatic nitrogens is 3. The number of aromatic amines is 1. The van der Waals surface area contributed by atoms with E-state index in [9.17, 15) is 4.79 Å². The Kier molecular flexibility index (Phi) is 4.30. The molecule has 1 saturated heterocycles. The van der Waals surface area contributed by atoms with Crippen LogP contribution in [0.5, 0.6) is 0 Å². The number of hydrogen-bond acceptors (Lipinski definition) is 5. The maximum Gasteiger partial charge on any atom is 0.203 e. The van der Waals surface area contributed by atoms with Gasteiger partial charge in [-0.05, 0) is 48.9 Å². The van der Waals surface area contributed by atoms with Crippen molar-refractivity contribution in [1.82, 2.24) is 15.0 Å². The summed E-state index contributed by atoms with van der Waals surface area (Å²) >= 11 is 0. The quantitative estimate of drug-likeness (QED) is 0.702. The predicted molar refractivity (Wildman–Crippen MR) is 116 cm³/mol. The van der Waals surface area contributed by atoms with Crippen molar-refractivity contribution in [2.45, 2.75) is 45.6 Å². The number of anilines is 2. The highest BCUT2D eigenvalue weighted by Crippen LogP contribution is 2.34. The fourth-order valence-corrected chi connectivity index (χ4v) is 4.55. The molecule has 2 aromatic heterocycles. The zero-order chi connectivity index (χ0) is 20.0. The Morgan fingerprint density at radius 1 is 1.07 bits per heavy atom. The van der Waals surface area contributed by atoms with Gasteiger partial charge in [0.25, 0.3) is 0 Å². The molecule has 0 atom stereocenters. The van der Waals surface area contributed by atoms with Crippen LogP contribution >= 0.6 is 0 Å². The van der Waals surface area contributed by atoms with E-state index in [1.54, 1.807) is 0 Å². The van der Waals surface area contributed by atoms with Gasteiger partial charge in [-0.1, -0.05) is 26.0 Å². The number of piperidine rings is 1. The molecule has 0 saturated carbocycles. The summed E-state index contributed by atoms with van der Waals surface area (Å²) in [6, 6.07) is 12.4. The van der Waals surface area contributed by atoms with Crippen LogP contribution in [0, 0.1) is 5.41 Å². The van der Waals surface area contributed by atoms with Gasteiger partial charge in [0.1, 0.15) is 5.82 Å². The molecule has 1 aromatic carbocycles. The van der Waals surface area contributed by atoms with E-state index >= 15 is 0 Å². The molecule has 1 aliphatic carbocycles. The Hall–Kier alpha value is -2.89. The zero-order valence-corrected chi connectivity index (χ0v) is 17.0. The number of imidazole rings is 1. The molecule has 6 nitrogen and oxygen atoms in total. The summed E-state index contributed by atoms with van der Waals surface area (Å²) in [6.45, 7) is 6.19. The average molecular weight is 390 g/mol. The topological polar surface area (TPSA) is 73.9 Å². The first-order chi connectivity index (χ1) is 14.0. The molecule has 1 fully saturated rings. The van der Waals surface area contributed by atoms with Crippen molar-refractivity contribution in [3.8, 4) is 0 Å². The van der Waals surface area contributed by atoms with Crippen LogP contribution < -0.4 is 10.2 Å². The highest BCUT2D eigenvalue weighted by Gasteiger charge is 2.32. The monoisotopic (exact) mass is 389 g/mol. The summed E-state index contributed by atoms with van der Waals surface area (Å²) in [5.41, 5.74) is 3.83. The molecule has 0 amide bonds. The summed E-state index contributed by atoms with van der Waals surface area (Å²) in [5.74, 6) is 2.06. The van der Waals surface area contributed by atoms with Gasteiger partial charge in [0, 0.05) is 31.1 Å². The third-order valence-corrected chi connectivity index (χ3v) is 6.08. The molecule has 3 aromatic rings. The Balaban J connectivity index is 1.25. The van der Waals surface area contributed by atoms with E-state index in [-0.39, 0.29) is 11.2 Å². The van der Waals surface area contributed by atoms with Gasteiger partial charge in [-0.25, -0.2) is 9.97 Å². The van der Waals surface area contributed by atoms with Crippen LogP contribution in [0.4, 0.5) is 11.8 Å². The second-order valence-corrected chi connectivity index (χ2v) is 9.11. The van der Waals surface area contributed by atoms with Gasteiger partial charge >= 0.3 is 0 Å². The number of rotatable bonds is 3. The van der Waals surface area contributed by atoms with E-state index in [0.29, 0.717) is 12.5 Å². The summed E-state index contributed by atoms with van der Waals surface area (Å²) < 4.78 is 0. The first kappa shape index (κ1) is 18.2. The molecule has 2 aliphatic rings. The minimum Gasteiger partial charge on any atom is -0.367 e. The second-order valence-electron chi connectivity index (χ2n) is 9.11.